The molecule has 1 heterocycles. The topological polar surface area (TPSA) is 84.1 Å². The second-order valence-corrected chi connectivity index (χ2v) is 4.62. The van der Waals surface area contributed by atoms with Crippen LogP contribution in [0.15, 0.2) is 54.9 Å². The number of hydrogen-bond acceptors (Lipinski definition) is 4. The SMILES string of the molecule is O=C(COC(=O)c1ccc2nc[nH]c2c1)Nc1ccccc1. The molecule has 110 valence electrons. The van der Waals surface area contributed by atoms with Crippen molar-refractivity contribution in [3.8, 4) is 0 Å². The summed E-state index contributed by atoms with van der Waals surface area (Å²) >= 11 is 0. The van der Waals surface area contributed by atoms with Crippen LogP contribution >= 0.6 is 0 Å². The highest BCUT2D eigenvalue weighted by molar-refractivity contribution is 5.97. The molecule has 6 heteroatoms. The molecule has 0 aliphatic carbocycles. The van der Waals surface area contributed by atoms with E-state index in [-0.39, 0.29) is 12.5 Å². The van der Waals surface area contributed by atoms with Crippen molar-refractivity contribution in [3.63, 3.8) is 0 Å². The molecule has 0 unspecified atom stereocenters. The fraction of sp³-hybridized carbons (Fsp3) is 0.0625. The maximum absolute atomic E-state index is 11.9. The molecule has 1 aromatic heterocycles. The van der Waals surface area contributed by atoms with Crippen LogP contribution in [0.1, 0.15) is 10.4 Å². The summed E-state index contributed by atoms with van der Waals surface area (Å²) in [7, 11) is 0. The first-order valence-electron chi connectivity index (χ1n) is 6.67. The molecule has 0 spiro atoms. The lowest BCUT2D eigenvalue weighted by atomic mass is 10.2. The van der Waals surface area contributed by atoms with Gasteiger partial charge in [-0.1, -0.05) is 18.2 Å². The number of aromatic nitrogens is 2. The number of amides is 1. The standard InChI is InChI=1S/C16H13N3O3/c20-15(19-12-4-2-1-3-5-12)9-22-16(21)11-6-7-13-14(8-11)18-10-17-13/h1-8,10H,9H2,(H,17,18)(H,19,20). The second kappa shape index (κ2) is 6.09. The van der Waals surface area contributed by atoms with Crippen LogP contribution in [0.2, 0.25) is 0 Å². The molecule has 2 N–H and O–H groups in total. The van der Waals surface area contributed by atoms with Crippen molar-refractivity contribution in [2.24, 2.45) is 0 Å². The summed E-state index contributed by atoms with van der Waals surface area (Å²) in [6, 6.07) is 13.9. The van der Waals surface area contributed by atoms with Gasteiger partial charge in [0.05, 0.1) is 22.9 Å². The van der Waals surface area contributed by atoms with Crippen molar-refractivity contribution in [3.05, 3.63) is 60.4 Å². The van der Waals surface area contributed by atoms with E-state index in [1.807, 2.05) is 6.07 Å². The second-order valence-electron chi connectivity index (χ2n) is 4.62. The molecule has 2 aromatic carbocycles. The van der Waals surface area contributed by atoms with E-state index >= 15 is 0 Å². The van der Waals surface area contributed by atoms with Crippen LogP contribution in [0, 0.1) is 0 Å². The molecule has 0 saturated carbocycles. The van der Waals surface area contributed by atoms with Gasteiger partial charge in [-0.05, 0) is 30.3 Å². The van der Waals surface area contributed by atoms with Crippen molar-refractivity contribution < 1.29 is 14.3 Å². The number of anilines is 1. The number of imidazole rings is 1. The predicted octanol–water partition coefficient (Wildman–Crippen LogP) is 2.36. The number of rotatable bonds is 4. The number of ether oxygens (including phenoxy) is 1. The fourth-order valence-corrected chi connectivity index (χ4v) is 2.00. The summed E-state index contributed by atoms with van der Waals surface area (Å²) in [5, 5.41) is 2.64. The average Bonchev–Trinajstić information content (AvgIpc) is 3.01. The Hall–Kier alpha value is -3.15. The summed E-state index contributed by atoms with van der Waals surface area (Å²) in [5.41, 5.74) is 2.52. The normalized spacial score (nSPS) is 10.4. The maximum atomic E-state index is 11.9. The maximum Gasteiger partial charge on any atom is 0.338 e. The molecule has 22 heavy (non-hydrogen) atoms. The molecule has 3 rings (SSSR count). The highest BCUT2D eigenvalue weighted by Crippen LogP contribution is 2.12. The van der Waals surface area contributed by atoms with Crippen LogP contribution < -0.4 is 5.32 Å². The van der Waals surface area contributed by atoms with Crippen LogP contribution in [0.25, 0.3) is 11.0 Å². The minimum absolute atomic E-state index is 0.339. The Morgan fingerprint density at radius 1 is 1.14 bits per heavy atom. The van der Waals surface area contributed by atoms with E-state index in [4.69, 9.17) is 4.74 Å². The highest BCUT2D eigenvalue weighted by atomic mass is 16.5. The number of H-pyrrole nitrogens is 1. The Morgan fingerprint density at radius 3 is 2.77 bits per heavy atom. The average molecular weight is 295 g/mol. The molecular formula is C16H13N3O3. The summed E-state index contributed by atoms with van der Waals surface area (Å²) in [5.74, 6) is -0.943. The zero-order valence-electron chi connectivity index (χ0n) is 11.6. The quantitative estimate of drug-likeness (QED) is 0.724. The van der Waals surface area contributed by atoms with Crippen LogP contribution in [-0.4, -0.2) is 28.5 Å². The molecule has 1 amide bonds. The summed E-state index contributed by atoms with van der Waals surface area (Å²) in [6.07, 6.45) is 1.55. The number of nitrogens with one attached hydrogen (secondary N) is 2. The third-order valence-electron chi connectivity index (χ3n) is 3.05. The third kappa shape index (κ3) is 3.12. The Labute approximate surface area is 126 Å². The number of esters is 1. The highest BCUT2D eigenvalue weighted by Gasteiger charge is 2.11. The fourth-order valence-electron chi connectivity index (χ4n) is 2.00. The number of carbonyl (C=O) groups is 2. The molecular weight excluding hydrogens is 282 g/mol. The van der Waals surface area contributed by atoms with Gasteiger partial charge in [-0.25, -0.2) is 9.78 Å². The summed E-state index contributed by atoms with van der Waals surface area (Å²) < 4.78 is 5.00. The van der Waals surface area contributed by atoms with Gasteiger partial charge >= 0.3 is 5.97 Å². The largest absolute Gasteiger partial charge is 0.452 e. The van der Waals surface area contributed by atoms with E-state index in [0.29, 0.717) is 11.3 Å². The predicted molar refractivity (Wildman–Crippen MR) is 81.4 cm³/mol. The first kappa shape index (κ1) is 13.8. The number of carbonyl (C=O) groups excluding carboxylic acids is 2. The Kier molecular flexibility index (Phi) is 3.82. The van der Waals surface area contributed by atoms with Crippen molar-refractivity contribution in [1.82, 2.24) is 9.97 Å². The number of hydrogen-bond donors (Lipinski definition) is 2. The number of aromatic amines is 1. The smallest absolute Gasteiger partial charge is 0.338 e. The molecule has 0 aliphatic rings. The summed E-state index contributed by atoms with van der Waals surface area (Å²) in [6.45, 7) is -0.339. The lowest BCUT2D eigenvalue weighted by molar-refractivity contribution is -0.119. The van der Waals surface area contributed by atoms with E-state index in [1.165, 1.54) is 0 Å². The van der Waals surface area contributed by atoms with Gasteiger partial charge in [0.25, 0.3) is 5.91 Å². The number of nitrogens with zero attached hydrogens (tertiary/aromatic N) is 1. The van der Waals surface area contributed by atoms with E-state index < -0.39 is 5.97 Å². The zero-order chi connectivity index (χ0) is 15.4. The molecule has 3 aromatic rings. The van der Waals surface area contributed by atoms with Crippen LogP contribution in [-0.2, 0) is 9.53 Å². The zero-order valence-corrected chi connectivity index (χ0v) is 11.6. The Bertz CT molecular complexity index is 812. The van der Waals surface area contributed by atoms with Gasteiger partial charge in [0.15, 0.2) is 6.61 Å². The Morgan fingerprint density at radius 2 is 1.95 bits per heavy atom. The molecule has 6 nitrogen and oxygen atoms in total. The Balaban J connectivity index is 1.58. The number of benzene rings is 2. The minimum Gasteiger partial charge on any atom is -0.452 e. The van der Waals surface area contributed by atoms with E-state index in [9.17, 15) is 9.59 Å². The first-order chi connectivity index (χ1) is 10.7. The van der Waals surface area contributed by atoms with Gasteiger partial charge in [0.2, 0.25) is 0 Å². The first-order valence-corrected chi connectivity index (χ1v) is 6.67. The van der Waals surface area contributed by atoms with E-state index in [1.54, 1.807) is 48.8 Å². The molecule has 0 atom stereocenters. The van der Waals surface area contributed by atoms with Crippen LogP contribution in [0.4, 0.5) is 5.69 Å². The van der Waals surface area contributed by atoms with Crippen LogP contribution in [0.5, 0.6) is 0 Å². The van der Waals surface area contributed by atoms with Gasteiger partial charge in [-0.2, -0.15) is 0 Å². The third-order valence-corrected chi connectivity index (χ3v) is 3.05. The van der Waals surface area contributed by atoms with Crippen LogP contribution in [0.3, 0.4) is 0 Å². The molecule has 0 bridgehead atoms. The van der Waals surface area contributed by atoms with Gasteiger partial charge in [0.1, 0.15) is 0 Å². The molecule has 0 saturated heterocycles. The van der Waals surface area contributed by atoms with Crippen molar-refractivity contribution in [1.29, 1.82) is 0 Å². The van der Waals surface area contributed by atoms with Gasteiger partial charge < -0.3 is 15.0 Å². The monoisotopic (exact) mass is 295 g/mol. The van der Waals surface area contributed by atoms with Crippen molar-refractivity contribution >= 4 is 28.6 Å². The van der Waals surface area contributed by atoms with Crippen molar-refractivity contribution in [2.75, 3.05) is 11.9 Å². The number of para-hydroxylation sites is 1. The van der Waals surface area contributed by atoms with E-state index in [0.717, 1.165) is 11.0 Å². The molecule has 0 radical (unpaired) electrons. The summed E-state index contributed by atoms with van der Waals surface area (Å²) in [4.78, 5) is 30.6. The lowest BCUT2D eigenvalue weighted by Crippen LogP contribution is -2.20. The lowest BCUT2D eigenvalue weighted by Gasteiger charge is -2.06. The number of fused-ring (bicyclic) bond motifs is 1. The van der Waals surface area contributed by atoms with Crippen molar-refractivity contribution in [2.45, 2.75) is 0 Å². The van der Waals surface area contributed by atoms with Gasteiger partial charge in [-0.3, -0.25) is 4.79 Å². The van der Waals surface area contributed by atoms with Gasteiger partial charge in [0, 0.05) is 5.69 Å². The minimum atomic E-state index is -0.556. The van der Waals surface area contributed by atoms with Gasteiger partial charge in [-0.15, -0.1) is 0 Å². The molecule has 0 fully saturated rings. The van der Waals surface area contributed by atoms with E-state index in [2.05, 4.69) is 15.3 Å². The molecule has 0 aliphatic heterocycles.